The number of hydrogen-bond donors (Lipinski definition) is 1. The Bertz CT molecular complexity index is 437. The number of carboxylic acid groups (broad SMARTS) is 1. The van der Waals surface area contributed by atoms with Crippen LogP contribution in [0.15, 0.2) is 18.2 Å². The zero-order chi connectivity index (χ0) is 12.4. The third kappa shape index (κ3) is 2.92. The molecular weight excluding hydrogens is 261 g/mol. The van der Waals surface area contributed by atoms with Gasteiger partial charge in [0.15, 0.2) is 0 Å². The minimum atomic E-state index is -0.763. The predicted molar refractivity (Wildman–Crippen MR) is 67.5 cm³/mol. The van der Waals surface area contributed by atoms with Crippen LogP contribution in [-0.4, -0.2) is 28.6 Å². The van der Waals surface area contributed by atoms with Crippen LogP contribution in [0.4, 0.5) is 0 Å². The minimum Gasteiger partial charge on any atom is -0.480 e. The highest BCUT2D eigenvalue weighted by Gasteiger charge is 2.30. The summed E-state index contributed by atoms with van der Waals surface area (Å²) in [5, 5.41) is 10.3. The van der Waals surface area contributed by atoms with Crippen molar-refractivity contribution in [1.82, 2.24) is 4.90 Å². The molecule has 0 bridgehead atoms. The average Bonchev–Trinajstić information content (AvgIpc) is 2.71. The van der Waals surface area contributed by atoms with E-state index >= 15 is 0 Å². The van der Waals surface area contributed by atoms with E-state index in [9.17, 15) is 4.79 Å². The van der Waals surface area contributed by atoms with Crippen molar-refractivity contribution in [2.24, 2.45) is 0 Å². The number of aliphatic carboxylic acids is 1. The lowest BCUT2D eigenvalue weighted by Crippen LogP contribution is -2.35. The first-order valence-corrected chi connectivity index (χ1v) is 6.24. The van der Waals surface area contributed by atoms with E-state index in [0.717, 1.165) is 18.5 Å². The van der Waals surface area contributed by atoms with Gasteiger partial charge in [-0.1, -0.05) is 23.2 Å². The van der Waals surface area contributed by atoms with Crippen LogP contribution in [0.3, 0.4) is 0 Å². The van der Waals surface area contributed by atoms with E-state index in [-0.39, 0.29) is 0 Å². The van der Waals surface area contributed by atoms with Gasteiger partial charge in [-0.15, -0.1) is 0 Å². The van der Waals surface area contributed by atoms with Crippen molar-refractivity contribution in [3.05, 3.63) is 33.8 Å². The molecule has 0 aromatic heterocycles. The first kappa shape index (κ1) is 12.7. The van der Waals surface area contributed by atoms with E-state index in [2.05, 4.69) is 0 Å². The molecule has 1 aliphatic rings. The molecular formula is C12H13Cl2NO2. The smallest absolute Gasteiger partial charge is 0.320 e. The van der Waals surface area contributed by atoms with Crippen LogP contribution in [0.25, 0.3) is 0 Å². The Balaban J connectivity index is 2.15. The SMILES string of the molecule is O=C(O)C1CCCN1Cc1cc(Cl)ccc1Cl. The van der Waals surface area contributed by atoms with Gasteiger partial charge in [0, 0.05) is 16.6 Å². The van der Waals surface area contributed by atoms with Gasteiger partial charge in [-0.3, -0.25) is 9.69 Å². The molecule has 1 saturated heterocycles. The fourth-order valence-electron chi connectivity index (χ4n) is 2.18. The topological polar surface area (TPSA) is 40.5 Å². The van der Waals surface area contributed by atoms with Gasteiger partial charge in [-0.05, 0) is 43.1 Å². The van der Waals surface area contributed by atoms with E-state index in [0.29, 0.717) is 23.0 Å². The summed E-state index contributed by atoms with van der Waals surface area (Å²) in [6.07, 6.45) is 1.61. The van der Waals surface area contributed by atoms with Gasteiger partial charge in [-0.25, -0.2) is 0 Å². The third-order valence-corrected chi connectivity index (χ3v) is 3.63. The Morgan fingerprint density at radius 1 is 1.47 bits per heavy atom. The number of likely N-dealkylation sites (tertiary alicyclic amines) is 1. The van der Waals surface area contributed by atoms with E-state index in [1.807, 2.05) is 4.90 Å². The highest BCUT2D eigenvalue weighted by molar-refractivity contribution is 6.33. The van der Waals surface area contributed by atoms with E-state index in [1.165, 1.54) is 0 Å². The maximum atomic E-state index is 11.1. The average molecular weight is 274 g/mol. The molecule has 0 amide bonds. The van der Waals surface area contributed by atoms with Crippen LogP contribution in [0.2, 0.25) is 10.0 Å². The standard InChI is InChI=1S/C12H13Cl2NO2/c13-9-3-4-10(14)8(6-9)7-15-5-1-2-11(15)12(16)17/h3-4,6,11H,1-2,5,7H2,(H,16,17). The Morgan fingerprint density at radius 2 is 2.24 bits per heavy atom. The highest BCUT2D eigenvalue weighted by Crippen LogP contribution is 2.26. The van der Waals surface area contributed by atoms with Crippen LogP contribution in [-0.2, 0) is 11.3 Å². The number of halogens is 2. The van der Waals surface area contributed by atoms with Crippen LogP contribution in [0.1, 0.15) is 18.4 Å². The number of rotatable bonds is 3. The van der Waals surface area contributed by atoms with Gasteiger partial charge < -0.3 is 5.11 Å². The maximum absolute atomic E-state index is 11.1. The van der Waals surface area contributed by atoms with Crippen LogP contribution in [0, 0.1) is 0 Å². The monoisotopic (exact) mass is 273 g/mol. The molecule has 0 radical (unpaired) electrons. The minimum absolute atomic E-state index is 0.398. The molecule has 5 heteroatoms. The lowest BCUT2D eigenvalue weighted by molar-refractivity contribution is -0.142. The molecule has 3 nitrogen and oxygen atoms in total. The van der Waals surface area contributed by atoms with Crippen molar-refractivity contribution in [2.45, 2.75) is 25.4 Å². The molecule has 1 N–H and O–H groups in total. The second kappa shape index (κ2) is 5.25. The highest BCUT2D eigenvalue weighted by atomic mass is 35.5. The van der Waals surface area contributed by atoms with Gasteiger partial charge in [0.25, 0.3) is 0 Å². The third-order valence-electron chi connectivity index (χ3n) is 3.03. The van der Waals surface area contributed by atoms with Crippen LogP contribution < -0.4 is 0 Å². The Hall–Kier alpha value is -0.770. The van der Waals surface area contributed by atoms with Crippen molar-refractivity contribution in [3.63, 3.8) is 0 Å². The second-order valence-electron chi connectivity index (χ2n) is 4.20. The lowest BCUT2D eigenvalue weighted by Gasteiger charge is -2.21. The molecule has 2 rings (SSSR count). The molecule has 17 heavy (non-hydrogen) atoms. The molecule has 0 aliphatic carbocycles. The summed E-state index contributed by atoms with van der Waals surface area (Å²) in [6.45, 7) is 1.33. The number of benzene rings is 1. The quantitative estimate of drug-likeness (QED) is 0.921. The Labute approximate surface area is 110 Å². The van der Waals surface area contributed by atoms with E-state index in [4.69, 9.17) is 28.3 Å². The van der Waals surface area contributed by atoms with Gasteiger partial charge in [0.05, 0.1) is 0 Å². The summed E-state index contributed by atoms with van der Waals surface area (Å²) in [5.74, 6) is -0.763. The summed E-state index contributed by atoms with van der Waals surface area (Å²) >= 11 is 12.0. The zero-order valence-corrected chi connectivity index (χ0v) is 10.7. The zero-order valence-electron chi connectivity index (χ0n) is 9.20. The van der Waals surface area contributed by atoms with Crippen molar-refractivity contribution in [1.29, 1.82) is 0 Å². The van der Waals surface area contributed by atoms with Gasteiger partial charge in [0.2, 0.25) is 0 Å². The van der Waals surface area contributed by atoms with Crippen LogP contribution >= 0.6 is 23.2 Å². The molecule has 1 unspecified atom stereocenters. The van der Waals surface area contributed by atoms with Crippen LogP contribution in [0.5, 0.6) is 0 Å². The van der Waals surface area contributed by atoms with E-state index in [1.54, 1.807) is 18.2 Å². The molecule has 0 saturated carbocycles. The molecule has 1 aromatic carbocycles. The van der Waals surface area contributed by atoms with Crippen molar-refractivity contribution < 1.29 is 9.90 Å². The summed E-state index contributed by atoms with van der Waals surface area (Å²) in [7, 11) is 0. The van der Waals surface area contributed by atoms with Gasteiger partial charge in [-0.2, -0.15) is 0 Å². The summed E-state index contributed by atoms with van der Waals surface area (Å²) in [6, 6.07) is 4.86. The number of nitrogens with zero attached hydrogens (tertiary/aromatic N) is 1. The lowest BCUT2D eigenvalue weighted by atomic mass is 10.2. The molecule has 1 aliphatic heterocycles. The van der Waals surface area contributed by atoms with Crippen molar-refractivity contribution >= 4 is 29.2 Å². The molecule has 1 aromatic rings. The van der Waals surface area contributed by atoms with Gasteiger partial charge >= 0.3 is 5.97 Å². The number of hydrogen-bond acceptors (Lipinski definition) is 2. The van der Waals surface area contributed by atoms with E-state index < -0.39 is 12.0 Å². The van der Waals surface area contributed by atoms with Crippen molar-refractivity contribution in [3.8, 4) is 0 Å². The van der Waals surface area contributed by atoms with Gasteiger partial charge in [0.1, 0.15) is 6.04 Å². The first-order valence-electron chi connectivity index (χ1n) is 5.48. The maximum Gasteiger partial charge on any atom is 0.320 e. The fraction of sp³-hybridized carbons (Fsp3) is 0.417. The Kier molecular flexibility index (Phi) is 3.92. The molecule has 1 atom stereocenters. The van der Waals surface area contributed by atoms with Crippen molar-refractivity contribution in [2.75, 3.05) is 6.54 Å². The fourth-order valence-corrected chi connectivity index (χ4v) is 2.55. The number of carboxylic acids is 1. The molecule has 1 fully saturated rings. The summed E-state index contributed by atoms with van der Waals surface area (Å²) in [4.78, 5) is 13.0. The largest absolute Gasteiger partial charge is 0.480 e. The second-order valence-corrected chi connectivity index (χ2v) is 5.05. The summed E-state index contributed by atoms with van der Waals surface area (Å²) < 4.78 is 0. The Morgan fingerprint density at radius 3 is 2.94 bits per heavy atom. The predicted octanol–water partition coefficient (Wildman–Crippen LogP) is 3.04. The number of carbonyl (C=O) groups is 1. The molecule has 0 spiro atoms. The molecule has 92 valence electrons. The normalized spacial score (nSPS) is 20.7. The first-order chi connectivity index (χ1) is 8.08. The molecule has 1 heterocycles. The summed E-state index contributed by atoms with van der Waals surface area (Å²) in [5.41, 5.74) is 0.882.